The molecule has 0 fully saturated rings. The van der Waals surface area contributed by atoms with Crippen LogP contribution in [0.25, 0.3) is 6.08 Å². The fourth-order valence-corrected chi connectivity index (χ4v) is 0.960. The Kier molecular flexibility index (Phi) is 4.12. The summed E-state index contributed by atoms with van der Waals surface area (Å²) >= 11 is 0. The summed E-state index contributed by atoms with van der Waals surface area (Å²) in [5.74, 6) is 0.440. The molecule has 4 heteroatoms. The van der Waals surface area contributed by atoms with E-state index in [1.54, 1.807) is 12.2 Å². The average Bonchev–Trinajstić information content (AvgIpc) is 2.53. The first kappa shape index (κ1) is 11.5. The van der Waals surface area contributed by atoms with Gasteiger partial charge in [-0.2, -0.15) is 0 Å². The standard InChI is InChI=1S/C11H15NO3/c1-8(2)5-3-4-6-10-12-9(7-13)11(14)15-10/h3-6,8,13-14H,7H2,1-2H3/b5-3+,6-4+. The zero-order chi connectivity index (χ0) is 11.3. The lowest BCUT2D eigenvalue weighted by Crippen LogP contribution is -1.82. The summed E-state index contributed by atoms with van der Waals surface area (Å²) in [4.78, 5) is 3.86. The number of oxazole rings is 1. The Hall–Kier alpha value is -1.55. The highest BCUT2D eigenvalue weighted by Gasteiger charge is 2.07. The van der Waals surface area contributed by atoms with E-state index in [0.717, 1.165) is 0 Å². The Bertz CT molecular complexity index is 364. The summed E-state index contributed by atoms with van der Waals surface area (Å²) in [6.45, 7) is 3.82. The summed E-state index contributed by atoms with van der Waals surface area (Å²) in [5.41, 5.74) is 0.155. The number of rotatable bonds is 4. The van der Waals surface area contributed by atoms with Gasteiger partial charge >= 0.3 is 5.95 Å². The first-order valence-corrected chi connectivity index (χ1v) is 4.78. The lowest BCUT2D eigenvalue weighted by Gasteiger charge is -1.88. The lowest BCUT2D eigenvalue weighted by atomic mass is 10.2. The van der Waals surface area contributed by atoms with E-state index in [9.17, 15) is 0 Å². The van der Waals surface area contributed by atoms with Gasteiger partial charge in [0, 0.05) is 6.08 Å². The molecule has 0 bridgehead atoms. The molecule has 0 amide bonds. The number of aromatic hydroxyl groups is 1. The van der Waals surface area contributed by atoms with Gasteiger partial charge in [0.2, 0.25) is 5.89 Å². The molecule has 0 saturated carbocycles. The van der Waals surface area contributed by atoms with Gasteiger partial charge in [-0.05, 0) is 5.92 Å². The molecule has 1 heterocycles. The molecule has 0 aromatic carbocycles. The van der Waals surface area contributed by atoms with E-state index in [1.165, 1.54) is 0 Å². The SMILES string of the molecule is CC(C)/C=C/C=C/c1nc(CO)c(O)o1. The van der Waals surface area contributed by atoms with Gasteiger partial charge in [-0.3, -0.25) is 0 Å². The first-order chi connectivity index (χ1) is 7.13. The average molecular weight is 209 g/mol. The molecule has 1 rings (SSSR count). The van der Waals surface area contributed by atoms with Crippen molar-refractivity contribution >= 4 is 6.08 Å². The topological polar surface area (TPSA) is 66.5 Å². The molecule has 0 aliphatic heterocycles. The van der Waals surface area contributed by atoms with E-state index in [1.807, 2.05) is 12.2 Å². The van der Waals surface area contributed by atoms with Crippen LogP contribution in [-0.4, -0.2) is 15.2 Å². The maximum Gasteiger partial charge on any atom is 0.308 e. The minimum Gasteiger partial charge on any atom is -0.479 e. The van der Waals surface area contributed by atoms with Crippen molar-refractivity contribution in [2.75, 3.05) is 0 Å². The van der Waals surface area contributed by atoms with Crippen molar-refractivity contribution in [3.8, 4) is 5.95 Å². The van der Waals surface area contributed by atoms with Crippen LogP contribution in [0, 0.1) is 5.92 Å². The maximum atomic E-state index is 9.14. The number of hydrogen-bond donors (Lipinski definition) is 2. The molecule has 0 aliphatic rings. The molecule has 0 spiro atoms. The Morgan fingerprint density at radius 3 is 2.67 bits per heavy atom. The zero-order valence-corrected chi connectivity index (χ0v) is 8.84. The summed E-state index contributed by atoms with van der Waals surface area (Å²) in [5, 5.41) is 17.9. The van der Waals surface area contributed by atoms with Gasteiger partial charge in [-0.1, -0.05) is 32.1 Å². The van der Waals surface area contributed by atoms with Crippen molar-refractivity contribution in [1.29, 1.82) is 0 Å². The Morgan fingerprint density at radius 1 is 1.40 bits per heavy atom. The molecule has 82 valence electrons. The van der Waals surface area contributed by atoms with E-state index in [4.69, 9.17) is 14.6 Å². The highest BCUT2D eigenvalue weighted by molar-refractivity contribution is 5.42. The van der Waals surface area contributed by atoms with Crippen molar-refractivity contribution in [2.24, 2.45) is 5.92 Å². The van der Waals surface area contributed by atoms with Gasteiger partial charge in [-0.15, -0.1) is 0 Å². The number of allylic oxidation sites excluding steroid dienone is 3. The van der Waals surface area contributed by atoms with Crippen LogP contribution in [0.4, 0.5) is 0 Å². The fourth-order valence-electron chi connectivity index (χ4n) is 0.960. The van der Waals surface area contributed by atoms with Crippen LogP contribution in [0.3, 0.4) is 0 Å². The fraction of sp³-hybridized carbons (Fsp3) is 0.364. The smallest absolute Gasteiger partial charge is 0.308 e. The van der Waals surface area contributed by atoms with Crippen LogP contribution in [0.1, 0.15) is 25.4 Å². The Labute approximate surface area is 88.6 Å². The van der Waals surface area contributed by atoms with Gasteiger partial charge in [-0.25, -0.2) is 4.98 Å². The van der Waals surface area contributed by atoms with E-state index >= 15 is 0 Å². The molecule has 0 saturated heterocycles. The normalized spacial score (nSPS) is 12.3. The first-order valence-electron chi connectivity index (χ1n) is 4.78. The summed E-state index contributed by atoms with van der Waals surface area (Å²) < 4.78 is 4.88. The number of aromatic nitrogens is 1. The van der Waals surface area contributed by atoms with Crippen LogP contribution in [0.15, 0.2) is 22.6 Å². The Morgan fingerprint density at radius 2 is 2.13 bits per heavy atom. The molecule has 1 aromatic rings. The zero-order valence-electron chi connectivity index (χ0n) is 8.84. The second kappa shape index (κ2) is 5.36. The van der Waals surface area contributed by atoms with Crippen molar-refractivity contribution in [3.05, 3.63) is 29.8 Å². The molecule has 2 N–H and O–H groups in total. The molecule has 0 atom stereocenters. The quantitative estimate of drug-likeness (QED) is 0.745. The predicted octanol–water partition coefficient (Wildman–Crippen LogP) is 2.10. The van der Waals surface area contributed by atoms with Crippen LogP contribution >= 0.6 is 0 Å². The second-order valence-corrected chi connectivity index (χ2v) is 3.45. The van der Waals surface area contributed by atoms with Crippen molar-refractivity contribution in [2.45, 2.75) is 20.5 Å². The van der Waals surface area contributed by atoms with Gasteiger partial charge in [0.15, 0.2) is 5.69 Å². The molecule has 0 radical (unpaired) electrons. The molecule has 1 aromatic heterocycles. The van der Waals surface area contributed by atoms with Crippen LogP contribution in [0.5, 0.6) is 5.95 Å². The molecule has 15 heavy (non-hydrogen) atoms. The highest BCUT2D eigenvalue weighted by Crippen LogP contribution is 2.18. The number of aliphatic hydroxyl groups is 1. The monoisotopic (exact) mass is 209 g/mol. The van der Waals surface area contributed by atoms with Crippen molar-refractivity contribution < 1.29 is 14.6 Å². The predicted molar refractivity (Wildman–Crippen MR) is 57.1 cm³/mol. The van der Waals surface area contributed by atoms with Crippen LogP contribution in [0.2, 0.25) is 0 Å². The summed E-state index contributed by atoms with van der Waals surface area (Å²) in [6.07, 6.45) is 7.29. The lowest BCUT2D eigenvalue weighted by molar-refractivity contribution is 0.259. The largest absolute Gasteiger partial charge is 0.479 e. The molecule has 4 nitrogen and oxygen atoms in total. The highest BCUT2D eigenvalue weighted by atomic mass is 16.5. The van der Waals surface area contributed by atoms with Crippen LogP contribution < -0.4 is 0 Å². The summed E-state index contributed by atoms with van der Waals surface area (Å²) in [7, 11) is 0. The third-order valence-corrected chi connectivity index (χ3v) is 1.69. The maximum absolute atomic E-state index is 9.14. The minimum absolute atomic E-state index is 0.155. The van der Waals surface area contributed by atoms with Crippen LogP contribution in [-0.2, 0) is 6.61 Å². The van der Waals surface area contributed by atoms with E-state index in [2.05, 4.69) is 18.8 Å². The molecule has 0 unspecified atom stereocenters. The third kappa shape index (κ3) is 3.59. The van der Waals surface area contributed by atoms with Gasteiger partial charge in [0.05, 0.1) is 6.61 Å². The third-order valence-electron chi connectivity index (χ3n) is 1.69. The van der Waals surface area contributed by atoms with E-state index in [0.29, 0.717) is 5.92 Å². The number of aliphatic hydroxyl groups excluding tert-OH is 1. The van der Waals surface area contributed by atoms with Crippen molar-refractivity contribution in [3.63, 3.8) is 0 Å². The minimum atomic E-state index is -0.329. The summed E-state index contributed by atoms with van der Waals surface area (Å²) in [6, 6.07) is 0. The number of nitrogens with zero attached hydrogens (tertiary/aromatic N) is 1. The van der Waals surface area contributed by atoms with Crippen molar-refractivity contribution in [1.82, 2.24) is 4.98 Å². The Balaban J connectivity index is 2.64. The molecule has 0 aliphatic carbocycles. The van der Waals surface area contributed by atoms with Gasteiger partial charge in [0.25, 0.3) is 0 Å². The van der Waals surface area contributed by atoms with Gasteiger partial charge in [0.1, 0.15) is 0 Å². The molecular formula is C11H15NO3. The second-order valence-electron chi connectivity index (χ2n) is 3.45. The van der Waals surface area contributed by atoms with E-state index < -0.39 is 0 Å². The van der Waals surface area contributed by atoms with Gasteiger partial charge < -0.3 is 14.6 Å². The molecular weight excluding hydrogens is 194 g/mol. The van der Waals surface area contributed by atoms with E-state index in [-0.39, 0.29) is 24.1 Å². The number of hydrogen-bond acceptors (Lipinski definition) is 4.